The summed E-state index contributed by atoms with van der Waals surface area (Å²) >= 11 is 0. The van der Waals surface area contributed by atoms with Crippen molar-refractivity contribution in [1.29, 1.82) is 0 Å². The first kappa shape index (κ1) is 22.9. The fourth-order valence-corrected chi connectivity index (χ4v) is 4.10. The molecule has 4 rings (SSSR count). The molecule has 0 fully saturated rings. The molecule has 168 valence electrons. The average Bonchev–Trinajstić information content (AvgIpc) is 3.18. The Labute approximate surface area is 197 Å². The van der Waals surface area contributed by atoms with E-state index in [2.05, 4.69) is 24.6 Å². The van der Waals surface area contributed by atoms with Crippen LogP contribution in [0.5, 0.6) is 0 Å². The van der Waals surface area contributed by atoms with Crippen LogP contribution in [0.25, 0.3) is 21.8 Å². The predicted octanol–water partition coefficient (Wildman–Crippen LogP) is 7.22. The number of benzene rings is 3. The van der Waals surface area contributed by atoms with Gasteiger partial charge >= 0.3 is 0 Å². The Hall–Kier alpha value is -4.31. The molecule has 0 aliphatic carbocycles. The van der Waals surface area contributed by atoms with Crippen molar-refractivity contribution in [2.24, 2.45) is 0 Å². The Bertz CT molecular complexity index is 1500. The van der Waals surface area contributed by atoms with Gasteiger partial charge in [0.25, 0.3) is 0 Å². The Morgan fingerprint density at radius 3 is 2.03 bits per heavy atom. The number of nitrogens with zero attached hydrogens (tertiary/aromatic N) is 1. The quantitative estimate of drug-likeness (QED) is 0.162. The third-order valence-electron chi connectivity index (χ3n) is 5.81. The maximum atomic E-state index is 13.3. The minimum Gasteiger partial charge on any atom is -0.341 e. The molecule has 0 unspecified atom stereocenters. The molecule has 0 spiro atoms. The molecule has 0 radical (unpaired) electrons. The standard InChI is InChI=1S/C30H24FNO2/c1-4-7-20(5-2)8-17-29(33)22-11-15-27-25(18-22)26-19-23(12-16-28(26)32(27)6-3)30(34)21-9-13-24(31)14-10-21/h4-5,7-19H,1-2,6H2,3H3/b17-8+,20-7+. The van der Waals surface area contributed by atoms with E-state index in [0.29, 0.717) is 16.7 Å². The van der Waals surface area contributed by atoms with E-state index in [9.17, 15) is 14.0 Å². The van der Waals surface area contributed by atoms with Crippen molar-refractivity contribution in [2.45, 2.75) is 13.5 Å². The number of aryl methyl sites for hydroxylation is 1. The maximum Gasteiger partial charge on any atom is 0.193 e. The van der Waals surface area contributed by atoms with E-state index >= 15 is 0 Å². The van der Waals surface area contributed by atoms with Crippen molar-refractivity contribution in [3.8, 4) is 0 Å². The van der Waals surface area contributed by atoms with E-state index in [-0.39, 0.29) is 17.4 Å². The van der Waals surface area contributed by atoms with Crippen LogP contribution in [0.3, 0.4) is 0 Å². The number of halogens is 1. The van der Waals surface area contributed by atoms with Crippen molar-refractivity contribution in [2.75, 3.05) is 0 Å². The maximum absolute atomic E-state index is 13.3. The summed E-state index contributed by atoms with van der Waals surface area (Å²) < 4.78 is 15.4. The first-order chi connectivity index (χ1) is 16.5. The number of rotatable bonds is 8. The third-order valence-corrected chi connectivity index (χ3v) is 5.81. The molecule has 0 bridgehead atoms. The highest BCUT2D eigenvalue weighted by atomic mass is 19.1. The van der Waals surface area contributed by atoms with Gasteiger partial charge in [0.1, 0.15) is 5.82 Å². The molecule has 4 heteroatoms. The van der Waals surface area contributed by atoms with E-state index in [1.54, 1.807) is 30.4 Å². The van der Waals surface area contributed by atoms with E-state index in [4.69, 9.17) is 0 Å². The second kappa shape index (κ2) is 9.67. The Morgan fingerprint density at radius 1 is 0.853 bits per heavy atom. The molecule has 0 aliphatic heterocycles. The number of allylic oxidation sites excluding steroid dienone is 6. The summed E-state index contributed by atoms with van der Waals surface area (Å²) in [5.41, 5.74) is 4.24. The van der Waals surface area contributed by atoms with Gasteiger partial charge < -0.3 is 4.57 Å². The summed E-state index contributed by atoms with van der Waals surface area (Å²) in [7, 11) is 0. The van der Waals surface area contributed by atoms with Crippen molar-refractivity contribution >= 4 is 33.4 Å². The van der Waals surface area contributed by atoms with Gasteiger partial charge in [-0.1, -0.05) is 37.5 Å². The molecule has 4 aromatic rings. The summed E-state index contributed by atoms with van der Waals surface area (Å²) in [4.78, 5) is 25.9. The minimum absolute atomic E-state index is 0.130. The van der Waals surface area contributed by atoms with Crippen molar-refractivity contribution in [3.05, 3.63) is 132 Å². The first-order valence-electron chi connectivity index (χ1n) is 11.0. The summed E-state index contributed by atoms with van der Waals surface area (Å²) in [6, 6.07) is 16.7. The molecule has 34 heavy (non-hydrogen) atoms. The molecule has 0 N–H and O–H groups in total. The van der Waals surface area contributed by atoms with Crippen molar-refractivity contribution in [1.82, 2.24) is 4.57 Å². The number of hydrogen-bond donors (Lipinski definition) is 0. The largest absolute Gasteiger partial charge is 0.341 e. The van der Waals surface area contributed by atoms with Crippen LogP contribution in [0, 0.1) is 5.82 Å². The average molecular weight is 450 g/mol. The van der Waals surface area contributed by atoms with Gasteiger partial charge in [0, 0.05) is 45.0 Å². The number of ketones is 2. The lowest BCUT2D eigenvalue weighted by Gasteiger charge is -2.04. The van der Waals surface area contributed by atoms with E-state index < -0.39 is 0 Å². The van der Waals surface area contributed by atoms with Gasteiger partial charge in [-0.15, -0.1) is 0 Å². The summed E-state index contributed by atoms with van der Waals surface area (Å²) in [5.74, 6) is -0.695. The van der Waals surface area contributed by atoms with Crippen LogP contribution >= 0.6 is 0 Å². The first-order valence-corrected chi connectivity index (χ1v) is 11.0. The molecule has 0 amide bonds. The number of aromatic nitrogens is 1. The van der Waals surface area contributed by atoms with Crippen molar-refractivity contribution in [3.63, 3.8) is 0 Å². The molecule has 3 nitrogen and oxygen atoms in total. The Balaban J connectivity index is 1.80. The summed E-state index contributed by atoms with van der Waals surface area (Å²) in [5, 5.41) is 1.79. The molecular weight excluding hydrogens is 425 g/mol. The highest BCUT2D eigenvalue weighted by Crippen LogP contribution is 2.31. The van der Waals surface area contributed by atoms with Gasteiger partial charge in [0.05, 0.1) is 0 Å². The van der Waals surface area contributed by atoms with Crippen molar-refractivity contribution < 1.29 is 14.0 Å². The number of carbonyl (C=O) groups is 2. The fraction of sp³-hybridized carbons (Fsp3) is 0.0667. The van der Waals surface area contributed by atoms with Gasteiger partial charge in [0.2, 0.25) is 0 Å². The molecule has 0 aliphatic rings. The lowest BCUT2D eigenvalue weighted by atomic mass is 10.00. The van der Waals surface area contributed by atoms with E-state index in [1.165, 1.54) is 30.3 Å². The van der Waals surface area contributed by atoms with Gasteiger partial charge in [-0.05, 0) is 79.2 Å². The highest BCUT2D eigenvalue weighted by Gasteiger charge is 2.16. The SMILES string of the molecule is C=C/C=C(C=C)/C=C/C(=O)c1ccc2c(c1)c1cc(C(=O)c3ccc(F)cc3)ccc1n2CC. The fourth-order valence-electron chi connectivity index (χ4n) is 4.10. The molecule has 3 aromatic carbocycles. The topological polar surface area (TPSA) is 39.1 Å². The number of hydrogen-bond acceptors (Lipinski definition) is 2. The Morgan fingerprint density at radius 2 is 1.44 bits per heavy atom. The molecule has 0 saturated heterocycles. The predicted molar refractivity (Wildman–Crippen MR) is 137 cm³/mol. The zero-order valence-corrected chi connectivity index (χ0v) is 18.9. The Kier molecular flexibility index (Phi) is 6.51. The molecule has 0 saturated carbocycles. The smallest absolute Gasteiger partial charge is 0.193 e. The second-order valence-corrected chi connectivity index (χ2v) is 7.85. The summed E-state index contributed by atoms with van der Waals surface area (Å²) in [6.45, 7) is 10.2. The molecule has 1 aromatic heterocycles. The van der Waals surface area contributed by atoms with Crippen LogP contribution < -0.4 is 0 Å². The number of fused-ring (bicyclic) bond motifs is 3. The lowest BCUT2D eigenvalue weighted by Crippen LogP contribution is -2.01. The molecule has 1 heterocycles. The van der Waals surface area contributed by atoms with Gasteiger partial charge in [-0.3, -0.25) is 9.59 Å². The van der Waals surface area contributed by atoms with Crippen LogP contribution in [0.2, 0.25) is 0 Å². The normalized spacial score (nSPS) is 11.9. The lowest BCUT2D eigenvalue weighted by molar-refractivity contribution is 0.103. The molecule has 0 atom stereocenters. The van der Waals surface area contributed by atoms with Crippen LogP contribution in [0.15, 0.2) is 110 Å². The zero-order valence-electron chi connectivity index (χ0n) is 18.9. The van der Waals surface area contributed by atoms with E-state index in [0.717, 1.165) is 33.9 Å². The van der Waals surface area contributed by atoms with Gasteiger partial charge in [0.15, 0.2) is 11.6 Å². The zero-order chi connectivity index (χ0) is 24.2. The summed E-state index contributed by atoms with van der Waals surface area (Å²) in [6.07, 6.45) is 8.29. The van der Waals surface area contributed by atoms with Crippen LogP contribution in [-0.4, -0.2) is 16.1 Å². The highest BCUT2D eigenvalue weighted by molar-refractivity contribution is 6.16. The van der Waals surface area contributed by atoms with Crippen LogP contribution in [0.4, 0.5) is 4.39 Å². The monoisotopic (exact) mass is 449 g/mol. The van der Waals surface area contributed by atoms with Gasteiger partial charge in [-0.2, -0.15) is 0 Å². The van der Waals surface area contributed by atoms with Crippen LogP contribution in [0.1, 0.15) is 33.2 Å². The second-order valence-electron chi connectivity index (χ2n) is 7.85. The third kappa shape index (κ3) is 4.30. The van der Waals surface area contributed by atoms with E-state index in [1.807, 2.05) is 30.3 Å². The van der Waals surface area contributed by atoms with Crippen LogP contribution in [-0.2, 0) is 6.54 Å². The number of carbonyl (C=O) groups excluding carboxylic acids is 2. The molecular formula is C30H24FNO2. The minimum atomic E-state index is -0.385. The van der Waals surface area contributed by atoms with Gasteiger partial charge in [-0.25, -0.2) is 4.39 Å².